The third-order valence-electron chi connectivity index (χ3n) is 2.27. The molecule has 0 aromatic heterocycles. The lowest BCUT2D eigenvalue weighted by molar-refractivity contribution is -0.148. The Labute approximate surface area is 87.2 Å². The molecule has 84 valence electrons. The summed E-state index contributed by atoms with van der Waals surface area (Å²) in [6, 6.07) is 0. The van der Waals surface area contributed by atoms with Gasteiger partial charge in [0, 0.05) is 6.54 Å². The number of ether oxygens (including phenoxy) is 1. The first-order valence-electron chi connectivity index (χ1n) is 5.63. The quantitative estimate of drug-likeness (QED) is 0.482. The van der Waals surface area contributed by atoms with Gasteiger partial charge in [0.1, 0.15) is 6.61 Å². The van der Waals surface area contributed by atoms with Gasteiger partial charge < -0.3 is 10.1 Å². The van der Waals surface area contributed by atoms with E-state index in [0.29, 0.717) is 6.61 Å². The zero-order valence-electron chi connectivity index (χ0n) is 9.64. The molecular weight excluding hydrogens is 178 g/mol. The monoisotopic (exact) mass is 201 g/mol. The number of carbonyl (C=O) groups excluding carboxylic acids is 1. The molecule has 0 amide bonds. The molecule has 0 aliphatic carbocycles. The second-order valence-corrected chi connectivity index (χ2v) is 3.43. The van der Waals surface area contributed by atoms with E-state index in [-0.39, 0.29) is 11.9 Å². The number of rotatable bonds is 8. The molecule has 0 spiro atoms. The molecule has 0 rings (SSSR count). The molecule has 0 aromatic rings. The molecular formula is C11H23NO2. The van der Waals surface area contributed by atoms with E-state index in [4.69, 9.17) is 4.74 Å². The molecule has 3 nitrogen and oxygen atoms in total. The van der Waals surface area contributed by atoms with Crippen molar-refractivity contribution < 1.29 is 9.53 Å². The zero-order valence-corrected chi connectivity index (χ0v) is 9.64. The van der Waals surface area contributed by atoms with Crippen LogP contribution in [-0.2, 0) is 9.53 Å². The van der Waals surface area contributed by atoms with Gasteiger partial charge in [-0.25, -0.2) is 0 Å². The molecule has 0 saturated heterocycles. The fourth-order valence-corrected chi connectivity index (χ4v) is 1.27. The van der Waals surface area contributed by atoms with Gasteiger partial charge in [-0.1, -0.05) is 20.8 Å². The van der Waals surface area contributed by atoms with Gasteiger partial charge in [0.05, 0.1) is 5.92 Å². The van der Waals surface area contributed by atoms with Crippen molar-refractivity contribution in [1.82, 2.24) is 5.32 Å². The van der Waals surface area contributed by atoms with E-state index in [0.717, 1.165) is 32.4 Å². The van der Waals surface area contributed by atoms with Crippen LogP contribution in [0.4, 0.5) is 0 Å². The average molecular weight is 201 g/mol. The van der Waals surface area contributed by atoms with Crippen LogP contribution < -0.4 is 5.32 Å². The maximum Gasteiger partial charge on any atom is 0.308 e. The van der Waals surface area contributed by atoms with E-state index in [1.165, 1.54) is 0 Å². The lowest BCUT2D eigenvalue weighted by Crippen LogP contribution is -2.24. The van der Waals surface area contributed by atoms with E-state index in [9.17, 15) is 4.79 Å². The van der Waals surface area contributed by atoms with Crippen molar-refractivity contribution in [2.75, 3.05) is 19.7 Å². The van der Waals surface area contributed by atoms with Crippen LogP contribution in [0, 0.1) is 5.92 Å². The Morgan fingerprint density at radius 2 is 1.86 bits per heavy atom. The van der Waals surface area contributed by atoms with Crippen molar-refractivity contribution in [3.05, 3.63) is 0 Å². The molecule has 0 unspecified atom stereocenters. The molecule has 0 bridgehead atoms. The van der Waals surface area contributed by atoms with E-state index in [1.54, 1.807) is 0 Å². The molecule has 0 saturated carbocycles. The predicted molar refractivity (Wildman–Crippen MR) is 58.2 cm³/mol. The van der Waals surface area contributed by atoms with E-state index in [1.807, 2.05) is 13.8 Å². The first-order chi connectivity index (χ1) is 6.76. The molecule has 0 heterocycles. The molecule has 0 aliphatic heterocycles. The van der Waals surface area contributed by atoms with Gasteiger partial charge in [-0.3, -0.25) is 4.79 Å². The van der Waals surface area contributed by atoms with Crippen molar-refractivity contribution in [2.45, 2.75) is 40.0 Å². The van der Waals surface area contributed by atoms with Crippen LogP contribution in [0.25, 0.3) is 0 Å². The fraction of sp³-hybridized carbons (Fsp3) is 0.909. The third-order valence-corrected chi connectivity index (χ3v) is 2.27. The van der Waals surface area contributed by atoms with Crippen LogP contribution in [-0.4, -0.2) is 25.7 Å². The van der Waals surface area contributed by atoms with Crippen molar-refractivity contribution in [3.8, 4) is 0 Å². The minimum atomic E-state index is -0.0479. The second kappa shape index (κ2) is 9.00. The van der Waals surface area contributed by atoms with Crippen LogP contribution in [0.5, 0.6) is 0 Å². The molecule has 0 radical (unpaired) electrons. The van der Waals surface area contributed by atoms with Crippen LogP contribution in [0.2, 0.25) is 0 Å². The lowest BCUT2D eigenvalue weighted by Gasteiger charge is -2.11. The second-order valence-electron chi connectivity index (χ2n) is 3.43. The van der Waals surface area contributed by atoms with E-state index in [2.05, 4.69) is 12.2 Å². The molecule has 1 N–H and O–H groups in total. The summed E-state index contributed by atoms with van der Waals surface area (Å²) in [6.07, 6.45) is 2.86. The Hall–Kier alpha value is -0.570. The van der Waals surface area contributed by atoms with Gasteiger partial charge in [-0.05, 0) is 25.8 Å². The average Bonchev–Trinajstić information content (AvgIpc) is 2.19. The fourth-order valence-electron chi connectivity index (χ4n) is 1.27. The maximum absolute atomic E-state index is 11.4. The zero-order chi connectivity index (χ0) is 10.8. The highest BCUT2D eigenvalue weighted by molar-refractivity contribution is 5.72. The van der Waals surface area contributed by atoms with Crippen LogP contribution in [0.3, 0.4) is 0 Å². The van der Waals surface area contributed by atoms with Gasteiger partial charge in [0.15, 0.2) is 0 Å². The molecule has 3 heteroatoms. The highest BCUT2D eigenvalue weighted by atomic mass is 16.5. The minimum Gasteiger partial charge on any atom is -0.464 e. The van der Waals surface area contributed by atoms with E-state index >= 15 is 0 Å². The molecule has 14 heavy (non-hydrogen) atoms. The number of nitrogens with one attached hydrogen (secondary N) is 1. The number of hydrogen-bond donors (Lipinski definition) is 1. The molecule has 0 aliphatic rings. The maximum atomic E-state index is 11.4. The Balaban J connectivity index is 3.43. The summed E-state index contributed by atoms with van der Waals surface area (Å²) >= 11 is 0. The summed E-state index contributed by atoms with van der Waals surface area (Å²) in [5.41, 5.74) is 0. The standard InChI is InChI=1S/C11H23NO2/c1-4-7-12-8-9-14-11(13)10(5-2)6-3/h10,12H,4-9H2,1-3H3. The third kappa shape index (κ3) is 5.97. The van der Waals surface area contributed by atoms with Crippen molar-refractivity contribution in [1.29, 1.82) is 0 Å². The SMILES string of the molecule is CCCNCCOC(=O)C(CC)CC. The molecule has 0 aromatic carbocycles. The minimum absolute atomic E-state index is 0.0479. The number of hydrogen-bond acceptors (Lipinski definition) is 3. The first kappa shape index (κ1) is 13.4. The largest absolute Gasteiger partial charge is 0.464 e. The van der Waals surface area contributed by atoms with Gasteiger partial charge in [-0.2, -0.15) is 0 Å². The highest BCUT2D eigenvalue weighted by Gasteiger charge is 2.14. The topological polar surface area (TPSA) is 38.3 Å². The lowest BCUT2D eigenvalue weighted by atomic mass is 10.0. The molecule has 0 fully saturated rings. The Morgan fingerprint density at radius 1 is 1.21 bits per heavy atom. The van der Waals surface area contributed by atoms with Crippen molar-refractivity contribution in [2.24, 2.45) is 5.92 Å². The first-order valence-corrected chi connectivity index (χ1v) is 5.63. The van der Waals surface area contributed by atoms with Gasteiger partial charge in [0.2, 0.25) is 0 Å². The summed E-state index contributed by atoms with van der Waals surface area (Å²) < 4.78 is 5.13. The summed E-state index contributed by atoms with van der Waals surface area (Å²) in [4.78, 5) is 11.4. The highest BCUT2D eigenvalue weighted by Crippen LogP contribution is 2.08. The Morgan fingerprint density at radius 3 is 2.36 bits per heavy atom. The number of carbonyl (C=O) groups is 1. The normalized spacial score (nSPS) is 10.6. The van der Waals surface area contributed by atoms with Crippen molar-refractivity contribution >= 4 is 5.97 Å². The number of esters is 1. The van der Waals surface area contributed by atoms with Crippen molar-refractivity contribution in [3.63, 3.8) is 0 Å². The van der Waals surface area contributed by atoms with Gasteiger partial charge in [-0.15, -0.1) is 0 Å². The summed E-state index contributed by atoms with van der Waals surface area (Å²) in [6.45, 7) is 8.40. The van der Waals surface area contributed by atoms with Gasteiger partial charge in [0.25, 0.3) is 0 Å². The van der Waals surface area contributed by atoms with E-state index < -0.39 is 0 Å². The van der Waals surface area contributed by atoms with Crippen LogP contribution >= 0.6 is 0 Å². The predicted octanol–water partition coefficient (Wildman–Crippen LogP) is 1.97. The van der Waals surface area contributed by atoms with Crippen LogP contribution in [0.1, 0.15) is 40.0 Å². The summed E-state index contributed by atoms with van der Waals surface area (Å²) in [5, 5.41) is 3.19. The van der Waals surface area contributed by atoms with Gasteiger partial charge >= 0.3 is 5.97 Å². The Bertz CT molecular complexity index is 144. The smallest absolute Gasteiger partial charge is 0.308 e. The van der Waals surface area contributed by atoms with Crippen LogP contribution in [0.15, 0.2) is 0 Å². The molecule has 0 atom stereocenters. The summed E-state index contributed by atoms with van der Waals surface area (Å²) in [5.74, 6) is 0.0365. The summed E-state index contributed by atoms with van der Waals surface area (Å²) in [7, 11) is 0. The Kier molecular flexibility index (Phi) is 8.64.